The zero-order valence-corrected chi connectivity index (χ0v) is 12.9. The van der Waals surface area contributed by atoms with Crippen LogP contribution in [0.4, 0.5) is 4.79 Å². The number of carbonyl (C=O) groups excluding carboxylic acids is 2. The molecule has 1 aromatic carbocycles. The Balaban J connectivity index is 1.52. The molecule has 1 spiro atoms. The normalized spacial score (nSPS) is 19.8. The number of hydrogen-bond donors (Lipinski definition) is 1. The Morgan fingerprint density at radius 1 is 1.17 bits per heavy atom. The van der Waals surface area contributed by atoms with Gasteiger partial charge in [-0.25, -0.2) is 4.79 Å². The van der Waals surface area contributed by atoms with E-state index in [9.17, 15) is 9.59 Å². The third kappa shape index (κ3) is 2.44. The summed E-state index contributed by atoms with van der Waals surface area (Å²) < 4.78 is 10.5. The van der Waals surface area contributed by atoms with E-state index in [1.807, 2.05) is 30.3 Å². The summed E-state index contributed by atoms with van der Waals surface area (Å²) in [5.41, 5.74) is -0.0595. The maximum Gasteiger partial charge on any atom is 0.325 e. The Hall–Kier alpha value is -2.74. The predicted octanol–water partition coefficient (Wildman–Crippen LogP) is 1.34. The summed E-state index contributed by atoms with van der Waals surface area (Å²) in [6.07, 6.45) is 0.963. The number of benzene rings is 1. The summed E-state index contributed by atoms with van der Waals surface area (Å²) in [5.74, 6) is 0.404. The molecule has 2 aliphatic rings. The summed E-state index contributed by atoms with van der Waals surface area (Å²) >= 11 is 0. The average Bonchev–Trinajstić information content (AvgIpc) is 3.16. The Kier molecular flexibility index (Phi) is 3.53. The molecule has 4 rings (SSSR count). The van der Waals surface area contributed by atoms with E-state index in [0.29, 0.717) is 37.8 Å². The zero-order valence-electron chi connectivity index (χ0n) is 12.9. The minimum Gasteiger partial charge on any atom is -0.381 e. The lowest BCUT2D eigenvalue weighted by Crippen LogP contribution is -2.51. The molecule has 8 heteroatoms. The number of urea groups is 1. The van der Waals surface area contributed by atoms with E-state index in [4.69, 9.17) is 9.26 Å². The van der Waals surface area contributed by atoms with E-state index in [1.54, 1.807) is 0 Å². The van der Waals surface area contributed by atoms with Crippen LogP contribution in [0.3, 0.4) is 0 Å². The van der Waals surface area contributed by atoms with Crippen molar-refractivity contribution >= 4 is 11.9 Å². The highest BCUT2D eigenvalue weighted by Crippen LogP contribution is 2.29. The van der Waals surface area contributed by atoms with E-state index in [-0.39, 0.29) is 12.5 Å². The van der Waals surface area contributed by atoms with Crippen LogP contribution in [0.1, 0.15) is 18.7 Å². The summed E-state index contributed by atoms with van der Waals surface area (Å²) in [7, 11) is 0. The molecule has 0 atom stereocenters. The zero-order chi connectivity index (χ0) is 16.6. The number of hydrogen-bond acceptors (Lipinski definition) is 6. The number of imide groups is 1. The number of ether oxygens (including phenoxy) is 1. The molecule has 2 saturated heterocycles. The van der Waals surface area contributed by atoms with Gasteiger partial charge in [0.15, 0.2) is 5.82 Å². The van der Waals surface area contributed by atoms with Gasteiger partial charge in [0.05, 0.1) is 6.54 Å². The Morgan fingerprint density at radius 3 is 2.67 bits per heavy atom. The number of nitrogens with one attached hydrogen (secondary N) is 1. The fourth-order valence-corrected chi connectivity index (χ4v) is 3.04. The molecular weight excluding hydrogens is 312 g/mol. The van der Waals surface area contributed by atoms with Gasteiger partial charge in [-0.15, -0.1) is 0 Å². The molecule has 3 amide bonds. The molecule has 3 heterocycles. The van der Waals surface area contributed by atoms with Crippen molar-refractivity contribution in [2.24, 2.45) is 0 Å². The SMILES string of the molecule is O=C1NC2(CCOCC2)C(=O)N1Cc1noc(-c2ccccc2)n1. The largest absolute Gasteiger partial charge is 0.381 e. The van der Waals surface area contributed by atoms with Gasteiger partial charge in [0.25, 0.3) is 11.8 Å². The van der Waals surface area contributed by atoms with Crippen LogP contribution in [0.5, 0.6) is 0 Å². The molecule has 2 fully saturated rings. The number of amides is 3. The van der Waals surface area contributed by atoms with Gasteiger partial charge >= 0.3 is 6.03 Å². The molecule has 0 unspecified atom stereocenters. The monoisotopic (exact) mass is 328 g/mol. The lowest BCUT2D eigenvalue weighted by Gasteiger charge is -2.30. The highest BCUT2D eigenvalue weighted by atomic mass is 16.5. The van der Waals surface area contributed by atoms with Crippen molar-refractivity contribution in [3.05, 3.63) is 36.2 Å². The second kappa shape index (κ2) is 5.72. The molecule has 0 bridgehead atoms. The van der Waals surface area contributed by atoms with Crippen LogP contribution in [-0.2, 0) is 16.1 Å². The minimum atomic E-state index is -0.846. The van der Waals surface area contributed by atoms with Crippen molar-refractivity contribution in [1.82, 2.24) is 20.4 Å². The van der Waals surface area contributed by atoms with Crippen LogP contribution in [-0.4, -0.2) is 45.7 Å². The summed E-state index contributed by atoms with van der Waals surface area (Å²) in [4.78, 5) is 30.3. The van der Waals surface area contributed by atoms with Crippen molar-refractivity contribution in [3.63, 3.8) is 0 Å². The van der Waals surface area contributed by atoms with Gasteiger partial charge in [0.1, 0.15) is 5.54 Å². The van der Waals surface area contributed by atoms with Crippen LogP contribution in [0.2, 0.25) is 0 Å². The van der Waals surface area contributed by atoms with Gasteiger partial charge in [-0.05, 0) is 12.1 Å². The molecule has 1 N–H and O–H groups in total. The first-order valence-corrected chi connectivity index (χ1v) is 7.78. The molecule has 0 radical (unpaired) electrons. The van der Waals surface area contributed by atoms with E-state index >= 15 is 0 Å². The van der Waals surface area contributed by atoms with Crippen LogP contribution in [0.15, 0.2) is 34.9 Å². The molecular formula is C16H16N4O4. The first kappa shape index (κ1) is 14.8. The van der Waals surface area contributed by atoms with Crippen molar-refractivity contribution in [2.75, 3.05) is 13.2 Å². The molecule has 124 valence electrons. The highest BCUT2D eigenvalue weighted by Gasteiger charge is 2.51. The van der Waals surface area contributed by atoms with Crippen molar-refractivity contribution < 1.29 is 18.8 Å². The van der Waals surface area contributed by atoms with Gasteiger partial charge < -0.3 is 14.6 Å². The Morgan fingerprint density at radius 2 is 1.92 bits per heavy atom. The third-order valence-corrected chi connectivity index (χ3v) is 4.38. The molecule has 0 aliphatic carbocycles. The van der Waals surface area contributed by atoms with Gasteiger partial charge in [0.2, 0.25) is 0 Å². The maximum absolute atomic E-state index is 12.7. The lowest BCUT2D eigenvalue weighted by molar-refractivity contribution is -0.135. The molecule has 1 aromatic heterocycles. The van der Waals surface area contributed by atoms with Crippen LogP contribution in [0, 0.1) is 0 Å². The topological polar surface area (TPSA) is 97.6 Å². The standard InChI is InChI=1S/C16H16N4O4/c21-14-16(6-8-23-9-7-16)18-15(22)20(14)10-12-17-13(24-19-12)11-4-2-1-3-5-11/h1-5H,6-10H2,(H,18,22). The predicted molar refractivity (Wildman–Crippen MR) is 81.6 cm³/mol. The first-order valence-electron chi connectivity index (χ1n) is 7.78. The lowest BCUT2D eigenvalue weighted by atomic mass is 9.90. The van der Waals surface area contributed by atoms with E-state index in [0.717, 1.165) is 10.5 Å². The molecule has 2 aliphatic heterocycles. The van der Waals surface area contributed by atoms with E-state index in [2.05, 4.69) is 15.5 Å². The van der Waals surface area contributed by atoms with E-state index < -0.39 is 11.6 Å². The number of nitrogens with zero attached hydrogens (tertiary/aromatic N) is 3. The third-order valence-electron chi connectivity index (χ3n) is 4.38. The van der Waals surface area contributed by atoms with Gasteiger partial charge in [-0.1, -0.05) is 23.4 Å². The second-order valence-electron chi connectivity index (χ2n) is 5.90. The van der Waals surface area contributed by atoms with Crippen molar-refractivity contribution in [2.45, 2.75) is 24.9 Å². The number of carbonyl (C=O) groups is 2. The molecule has 2 aromatic rings. The van der Waals surface area contributed by atoms with Gasteiger partial charge in [0, 0.05) is 31.6 Å². The highest BCUT2D eigenvalue weighted by molar-refractivity contribution is 6.07. The van der Waals surface area contributed by atoms with Crippen molar-refractivity contribution in [1.29, 1.82) is 0 Å². The van der Waals surface area contributed by atoms with E-state index in [1.165, 1.54) is 0 Å². The second-order valence-corrected chi connectivity index (χ2v) is 5.90. The van der Waals surface area contributed by atoms with Crippen LogP contribution < -0.4 is 5.32 Å². The Labute approximate surface area is 137 Å². The number of aromatic nitrogens is 2. The maximum atomic E-state index is 12.7. The Bertz CT molecular complexity index is 767. The summed E-state index contributed by atoms with van der Waals surface area (Å²) in [6.45, 7) is 0.907. The summed E-state index contributed by atoms with van der Waals surface area (Å²) in [5, 5.41) is 6.67. The molecule has 8 nitrogen and oxygen atoms in total. The molecule has 24 heavy (non-hydrogen) atoms. The smallest absolute Gasteiger partial charge is 0.325 e. The summed E-state index contributed by atoms with van der Waals surface area (Å²) in [6, 6.07) is 8.90. The van der Waals surface area contributed by atoms with Gasteiger partial charge in [-0.3, -0.25) is 9.69 Å². The minimum absolute atomic E-state index is 0.0103. The fraction of sp³-hybridized carbons (Fsp3) is 0.375. The van der Waals surface area contributed by atoms with Crippen LogP contribution in [0.25, 0.3) is 11.5 Å². The fourth-order valence-electron chi connectivity index (χ4n) is 3.04. The molecule has 0 saturated carbocycles. The van der Waals surface area contributed by atoms with Crippen molar-refractivity contribution in [3.8, 4) is 11.5 Å². The quantitative estimate of drug-likeness (QED) is 0.854. The first-order chi connectivity index (χ1) is 11.7. The number of rotatable bonds is 3. The van der Waals surface area contributed by atoms with Gasteiger partial charge in [-0.2, -0.15) is 4.98 Å². The van der Waals surface area contributed by atoms with Crippen LogP contribution >= 0.6 is 0 Å². The average molecular weight is 328 g/mol.